The van der Waals surface area contributed by atoms with Crippen molar-refractivity contribution in [2.24, 2.45) is 17.3 Å². The monoisotopic (exact) mass is 224 g/mol. The van der Waals surface area contributed by atoms with Crippen LogP contribution >= 0.6 is 0 Å². The highest BCUT2D eigenvalue weighted by atomic mass is 16.3. The third kappa shape index (κ3) is 2.88. The first-order valence-corrected chi connectivity index (χ1v) is 6.74. The maximum Gasteiger partial charge on any atom is 0.0563 e. The summed E-state index contributed by atoms with van der Waals surface area (Å²) in [6.45, 7) is 11.2. The van der Waals surface area contributed by atoms with Crippen LogP contribution in [0.1, 0.15) is 60.3 Å². The number of aliphatic hydroxyl groups is 1. The summed E-state index contributed by atoms with van der Waals surface area (Å²) in [7, 11) is 0. The van der Waals surface area contributed by atoms with E-state index in [4.69, 9.17) is 0 Å². The van der Waals surface area contributed by atoms with Gasteiger partial charge in [0.05, 0.1) is 6.10 Å². The van der Waals surface area contributed by atoms with E-state index in [9.17, 15) is 5.11 Å². The van der Waals surface area contributed by atoms with Gasteiger partial charge < -0.3 is 5.11 Å². The topological polar surface area (TPSA) is 20.2 Å². The molecule has 0 aliphatic heterocycles. The smallest absolute Gasteiger partial charge is 0.0563 e. The van der Waals surface area contributed by atoms with Gasteiger partial charge in [-0.1, -0.05) is 39.3 Å². The van der Waals surface area contributed by atoms with Gasteiger partial charge >= 0.3 is 0 Å². The second-order valence-electron chi connectivity index (χ2n) is 6.07. The molecule has 16 heavy (non-hydrogen) atoms. The van der Waals surface area contributed by atoms with Crippen molar-refractivity contribution in [3.05, 3.63) is 11.6 Å². The first kappa shape index (κ1) is 13.8. The highest BCUT2D eigenvalue weighted by molar-refractivity contribution is 5.18. The molecule has 0 aromatic rings. The Bertz CT molecular complexity index is 252. The van der Waals surface area contributed by atoms with Crippen LogP contribution in [0.2, 0.25) is 0 Å². The minimum atomic E-state index is -0.112. The van der Waals surface area contributed by atoms with Crippen LogP contribution < -0.4 is 0 Å². The number of rotatable bonds is 5. The number of hydrogen-bond acceptors (Lipinski definition) is 1. The molecule has 0 saturated heterocycles. The summed E-state index contributed by atoms with van der Waals surface area (Å²) in [5.74, 6) is 1.22. The van der Waals surface area contributed by atoms with Gasteiger partial charge in [0.1, 0.15) is 0 Å². The highest BCUT2D eigenvalue weighted by Crippen LogP contribution is 2.45. The van der Waals surface area contributed by atoms with Crippen LogP contribution in [0.25, 0.3) is 0 Å². The van der Waals surface area contributed by atoms with Crippen LogP contribution in [0.3, 0.4) is 0 Å². The zero-order valence-electron chi connectivity index (χ0n) is 11.6. The Morgan fingerprint density at radius 2 is 2.12 bits per heavy atom. The van der Waals surface area contributed by atoms with E-state index in [0.717, 1.165) is 18.8 Å². The second-order valence-corrected chi connectivity index (χ2v) is 6.07. The van der Waals surface area contributed by atoms with Crippen LogP contribution in [0, 0.1) is 17.3 Å². The van der Waals surface area contributed by atoms with Gasteiger partial charge in [0.25, 0.3) is 0 Å². The van der Waals surface area contributed by atoms with Crippen LogP contribution in [0.4, 0.5) is 0 Å². The van der Waals surface area contributed by atoms with Crippen molar-refractivity contribution in [3.8, 4) is 0 Å². The Morgan fingerprint density at radius 3 is 2.56 bits per heavy atom. The molecule has 1 nitrogen and oxygen atoms in total. The van der Waals surface area contributed by atoms with E-state index in [-0.39, 0.29) is 6.10 Å². The summed E-state index contributed by atoms with van der Waals surface area (Å²) < 4.78 is 0. The van der Waals surface area contributed by atoms with Crippen molar-refractivity contribution in [1.29, 1.82) is 0 Å². The summed E-state index contributed by atoms with van der Waals surface area (Å²) in [5.41, 5.74) is 1.91. The van der Waals surface area contributed by atoms with Gasteiger partial charge in [-0.05, 0) is 49.9 Å². The highest BCUT2D eigenvalue weighted by Gasteiger charge is 2.34. The number of allylic oxidation sites excluding steroid dienone is 2. The summed E-state index contributed by atoms with van der Waals surface area (Å²) in [6, 6.07) is 0. The molecule has 1 N–H and O–H groups in total. The Labute approximate surface area is 101 Å². The zero-order valence-corrected chi connectivity index (χ0v) is 11.6. The predicted octanol–water partition coefficient (Wildman–Crippen LogP) is 4.17. The molecule has 94 valence electrons. The van der Waals surface area contributed by atoms with E-state index in [1.54, 1.807) is 5.57 Å². The van der Waals surface area contributed by atoms with Gasteiger partial charge in [-0.15, -0.1) is 0 Å². The molecule has 0 heterocycles. The van der Waals surface area contributed by atoms with Crippen molar-refractivity contribution >= 4 is 0 Å². The van der Waals surface area contributed by atoms with E-state index in [0.29, 0.717) is 11.3 Å². The second kappa shape index (κ2) is 5.35. The fourth-order valence-electron chi connectivity index (χ4n) is 2.74. The minimum absolute atomic E-state index is 0.112. The van der Waals surface area contributed by atoms with Gasteiger partial charge in [0.2, 0.25) is 0 Å². The Hall–Kier alpha value is -0.300. The third-order valence-electron chi connectivity index (χ3n) is 4.79. The normalized spacial score (nSPS) is 27.6. The van der Waals surface area contributed by atoms with Crippen molar-refractivity contribution in [3.63, 3.8) is 0 Å². The molecule has 0 spiro atoms. The van der Waals surface area contributed by atoms with Crippen molar-refractivity contribution < 1.29 is 5.11 Å². The molecule has 0 radical (unpaired) electrons. The average Bonchev–Trinajstić information content (AvgIpc) is 2.50. The van der Waals surface area contributed by atoms with E-state index in [1.165, 1.54) is 12.8 Å². The fraction of sp³-hybridized carbons (Fsp3) is 0.867. The van der Waals surface area contributed by atoms with Crippen LogP contribution in [0.15, 0.2) is 11.6 Å². The van der Waals surface area contributed by atoms with E-state index < -0.39 is 0 Å². The maximum atomic E-state index is 9.77. The molecule has 3 unspecified atom stereocenters. The molecular formula is C15H28O. The lowest BCUT2D eigenvalue weighted by Crippen LogP contribution is -2.23. The maximum absolute atomic E-state index is 9.77. The molecule has 3 atom stereocenters. The molecule has 1 rings (SSSR count). The first-order chi connectivity index (χ1) is 7.39. The van der Waals surface area contributed by atoms with Gasteiger partial charge in [0.15, 0.2) is 0 Å². The first-order valence-electron chi connectivity index (χ1n) is 6.74. The van der Waals surface area contributed by atoms with Crippen molar-refractivity contribution in [2.45, 2.75) is 66.4 Å². The standard InChI is InChI=1S/C15H28O/c1-6-14(16)11(2)7-9-13-10-8-12(3)15(13,4)5/h8,11,13-14,16H,6-7,9-10H2,1-5H3. The van der Waals surface area contributed by atoms with Gasteiger partial charge in [-0.2, -0.15) is 0 Å². The molecule has 0 saturated carbocycles. The van der Waals surface area contributed by atoms with E-state index in [2.05, 4.69) is 40.7 Å². The summed E-state index contributed by atoms with van der Waals surface area (Å²) in [4.78, 5) is 0. The van der Waals surface area contributed by atoms with E-state index >= 15 is 0 Å². The molecule has 1 aliphatic rings. The fourth-order valence-corrected chi connectivity index (χ4v) is 2.74. The third-order valence-corrected chi connectivity index (χ3v) is 4.79. The zero-order chi connectivity index (χ0) is 12.3. The molecule has 0 bridgehead atoms. The summed E-state index contributed by atoms with van der Waals surface area (Å²) in [5, 5.41) is 9.77. The molecular weight excluding hydrogens is 196 g/mol. The molecule has 1 aliphatic carbocycles. The van der Waals surface area contributed by atoms with Gasteiger partial charge in [0, 0.05) is 0 Å². The number of aliphatic hydroxyl groups excluding tert-OH is 1. The molecule has 0 aromatic carbocycles. The van der Waals surface area contributed by atoms with Crippen LogP contribution in [-0.4, -0.2) is 11.2 Å². The minimum Gasteiger partial charge on any atom is -0.393 e. The quantitative estimate of drug-likeness (QED) is 0.695. The van der Waals surface area contributed by atoms with Crippen molar-refractivity contribution in [1.82, 2.24) is 0 Å². The Morgan fingerprint density at radius 1 is 1.50 bits per heavy atom. The summed E-state index contributed by atoms with van der Waals surface area (Å²) in [6.07, 6.45) is 6.80. The van der Waals surface area contributed by atoms with E-state index in [1.807, 2.05) is 0 Å². The van der Waals surface area contributed by atoms with Gasteiger partial charge in [-0.3, -0.25) is 0 Å². The molecule has 0 amide bonds. The van der Waals surface area contributed by atoms with Crippen LogP contribution in [-0.2, 0) is 0 Å². The molecule has 0 fully saturated rings. The average molecular weight is 224 g/mol. The summed E-state index contributed by atoms with van der Waals surface area (Å²) >= 11 is 0. The Balaban J connectivity index is 2.41. The Kier molecular flexibility index (Phi) is 4.61. The van der Waals surface area contributed by atoms with Crippen LogP contribution in [0.5, 0.6) is 0 Å². The number of hydrogen-bond donors (Lipinski definition) is 1. The lowest BCUT2D eigenvalue weighted by molar-refractivity contribution is 0.0998. The SMILES string of the molecule is CCC(O)C(C)CCC1CC=C(C)C1(C)C. The lowest BCUT2D eigenvalue weighted by Gasteiger charge is -2.31. The molecule has 1 heteroatoms. The van der Waals surface area contributed by atoms with Crippen molar-refractivity contribution in [2.75, 3.05) is 0 Å². The predicted molar refractivity (Wildman–Crippen MR) is 70.3 cm³/mol. The lowest BCUT2D eigenvalue weighted by atomic mass is 9.74. The molecule has 0 aromatic heterocycles. The largest absolute Gasteiger partial charge is 0.393 e. The van der Waals surface area contributed by atoms with Gasteiger partial charge in [-0.25, -0.2) is 0 Å².